The number of nitrogens with one attached hydrogen (secondary N) is 1. The lowest BCUT2D eigenvalue weighted by Crippen LogP contribution is -2.32. The first-order chi connectivity index (χ1) is 14.7. The number of hydrogen-bond donors (Lipinski definition) is 1. The lowest BCUT2D eigenvalue weighted by molar-refractivity contribution is -0.120. The van der Waals surface area contributed by atoms with Crippen molar-refractivity contribution in [2.24, 2.45) is 0 Å². The van der Waals surface area contributed by atoms with E-state index >= 15 is 0 Å². The summed E-state index contributed by atoms with van der Waals surface area (Å²) < 4.78 is 1.82. The molecule has 5 nitrogen and oxygen atoms in total. The average Bonchev–Trinajstić information content (AvgIpc) is 3.27. The van der Waals surface area contributed by atoms with E-state index in [1.54, 1.807) is 11.3 Å². The molecule has 0 spiro atoms. The summed E-state index contributed by atoms with van der Waals surface area (Å²) in [4.78, 5) is 33.2. The minimum Gasteiger partial charge on any atom is -0.355 e. The molecule has 0 radical (unpaired) electrons. The molecule has 1 fully saturated rings. The van der Waals surface area contributed by atoms with E-state index in [0.717, 1.165) is 61.7 Å². The Kier molecular flexibility index (Phi) is 5.65. The normalized spacial score (nSPS) is 18.9. The zero-order valence-corrected chi connectivity index (χ0v) is 18.5. The fourth-order valence-corrected chi connectivity index (χ4v) is 6.87. The van der Waals surface area contributed by atoms with Crippen LogP contribution < -0.4 is 10.9 Å². The Balaban J connectivity index is 1.55. The minimum atomic E-state index is -0.188. The van der Waals surface area contributed by atoms with Crippen molar-refractivity contribution in [1.29, 1.82) is 0 Å². The Labute approximate surface area is 183 Å². The van der Waals surface area contributed by atoms with Crippen LogP contribution in [0.25, 0.3) is 10.2 Å². The summed E-state index contributed by atoms with van der Waals surface area (Å²) in [6.45, 7) is 1.31. The molecule has 2 aliphatic rings. The quantitative estimate of drug-likeness (QED) is 0.612. The van der Waals surface area contributed by atoms with Crippen LogP contribution >= 0.6 is 23.1 Å². The molecule has 0 unspecified atom stereocenters. The fraction of sp³-hybridized carbons (Fsp3) is 0.435. The maximum Gasteiger partial charge on any atom is 0.263 e. The van der Waals surface area contributed by atoms with Gasteiger partial charge in [0, 0.05) is 18.0 Å². The molecule has 2 aromatic heterocycles. The molecule has 1 aliphatic heterocycles. The number of fused-ring (bicyclic) bond motifs is 3. The summed E-state index contributed by atoms with van der Waals surface area (Å²) in [5.41, 5.74) is 2.47. The van der Waals surface area contributed by atoms with Crippen LogP contribution in [-0.2, 0) is 30.6 Å². The molecule has 7 heteroatoms. The molecule has 156 valence electrons. The Morgan fingerprint density at radius 2 is 2.00 bits per heavy atom. The number of amides is 1. The number of thioether (sulfide) groups is 1. The fourth-order valence-electron chi connectivity index (χ4n) is 4.38. The molecule has 1 saturated heterocycles. The first-order valence-electron chi connectivity index (χ1n) is 10.7. The highest BCUT2D eigenvalue weighted by atomic mass is 32.2. The number of nitrogens with zero attached hydrogens (tertiary/aromatic N) is 2. The molecular weight excluding hydrogens is 414 g/mol. The number of thiophene rings is 1. The number of carbonyl (C=O) groups is 1. The predicted octanol–water partition coefficient (Wildman–Crippen LogP) is 3.95. The van der Waals surface area contributed by atoms with Gasteiger partial charge >= 0.3 is 0 Å². The summed E-state index contributed by atoms with van der Waals surface area (Å²) in [6.07, 6.45) is 6.76. The Hall–Kier alpha value is -2.12. The molecule has 0 saturated carbocycles. The van der Waals surface area contributed by atoms with Crippen LogP contribution in [0.4, 0.5) is 0 Å². The number of benzene rings is 1. The molecule has 1 aromatic carbocycles. The predicted molar refractivity (Wildman–Crippen MR) is 123 cm³/mol. The van der Waals surface area contributed by atoms with Crippen LogP contribution in [0.1, 0.15) is 41.7 Å². The largest absolute Gasteiger partial charge is 0.355 e. The number of hydrogen-bond acceptors (Lipinski definition) is 5. The second kappa shape index (κ2) is 8.55. The molecule has 1 aliphatic carbocycles. The van der Waals surface area contributed by atoms with Crippen LogP contribution in [0.5, 0.6) is 0 Å². The van der Waals surface area contributed by atoms with Gasteiger partial charge in [0.15, 0.2) is 5.16 Å². The summed E-state index contributed by atoms with van der Waals surface area (Å²) in [5.74, 6) is 0.0649. The van der Waals surface area contributed by atoms with Gasteiger partial charge < -0.3 is 5.32 Å². The second-order valence-corrected chi connectivity index (χ2v) is 10.3. The number of carbonyl (C=O) groups excluding carboxylic acids is 1. The first kappa shape index (κ1) is 19.8. The van der Waals surface area contributed by atoms with E-state index in [9.17, 15) is 9.59 Å². The maximum atomic E-state index is 13.6. The van der Waals surface area contributed by atoms with Gasteiger partial charge in [-0.3, -0.25) is 14.2 Å². The van der Waals surface area contributed by atoms with E-state index in [1.165, 1.54) is 27.8 Å². The average molecular weight is 440 g/mol. The van der Waals surface area contributed by atoms with Crippen LogP contribution in [0.3, 0.4) is 0 Å². The number of aryl methyl sites for hydroxylation is 3. The van der Waals surface area contributed by atoms with Crippen LogP contribution in [0.2, 0.25) is 0 Å². The van der Waals surface area contributed by atoms with Gasteiger partial charge in [-0.15, -0.1) is 11.3 Å². The maximum absolute atomic E-state index is 13.6. The van der Waals surface area contributed by atoms with Gasteiger partial charge in [-0.05, 0) is 49.7 Å². The molecule has 5 rings (SSSR count). The van der Waals surface area contributed by atoms with Crippen molar-refractivity contribution < 1.29 is 4.79 Å². The van der Waals surface area contributed by atoms with Crippen molar-refractivity contribution in [3.8, 4) is 0 Å². The molecule has 1 amide bonds. The highest BCUT2D eigenvalue weighted by molar-refractivity contribution is 8.00. The number of rotatable bonds is 5. The van der Waals surface area contributed by atoms with Gasteiger partial charge in [-0.2, -0.15) is 0 Å². The van der Waals surface area contributed by atoms with E-state index in [-0.39, 0.29) is 16.7 Å². The van der Waals surface area contributed by atoms with E-state index in [0.29, 0.717) is 11.7 Å². The summed E-state index contributed by atoms with van der Waals surface area (Å²) in [5, 5.41) is 4.32. The van der Waals surface area contributed by atoms with Crippen molar-refractivity contribution in [3.05, 3.63) is 56.7 Å². The summed E-state index contributed by atoms with van der Waals surface area (Å²) in [6, 6.07) is 10.2. The monoisotopic (exact) mass is 439 g/mol. The van der Waals surface area contributed by atoms with Crippen molar-refractivity contribution in [2.75, 3.05) is 6.54 Å². The third-order valence-corrected chi connectivity index (χ3v) is 8.43. The standard InChI is InChI=1S/C23H25N3O2S2/c27-20-18(10-4-5-13-24-20)30-23-25-21-19(16-9-6-11-17(16)29-21)22(28)26(23)14-12-15-7-2-1-3-8-15/h1-3,7-8,18H,4-6,9-14H2,(H,24,27)/t18-/m0/s1. The lowest BCUT2D eigenvalue weighted by atomic mass is 10.1. The molecule has 0 bridgehead atoms. The minimum absolute atomic E-state index is 0.0619. The Morgan fingerprint density at radius 1 is 1.13 bits per heavy atom. The van der Waals surface area contributed by atoms with Gasteiger partial charge in [-0.1, -0.05) is 48.5 Å². The van der Waals surface area contributed by atoms with E-state index in [4.69, 9.17) is 4.98 Å². The first-order valence-corrected chi connectivity index (χ1v) is 12.4. The van der Waals surface area contributed by atoms with Gasteiger partial charge in [0.1, 0.15) is 4.83 Å². The van der Waals surface area contributed by atoms with Gasteiger partial charge in [-0.25, -0.2) is 4.98 Å². The molecule has 1 atom stereocenters. The second-order valence-electron chi connectivity index (χ2n) is 8.02. The molecule has 3 heterocycles. The van der Waals surface area contributed by atoms with Crippen molar-refractivity contribution in [1.82, 2.24) is 14.9 Å². The van der Waals surface area contributed by atoms with Crippen molar-refractivity contribution in [2.45, 2.75) is 61.9 Å². The van der Waals surface area contributed by atoms with Crippen molar-refractivity contribution >= 4 is 39.2 Å². The molecular formula is C23H25N3O2S2. The van der Waals surface area contributed by atoms with Gasteiger partial charge in [0.2, 0.25) is 5.91 Å². The van der Waals surface area contributed by atoms with Crippen LogP contribution in [-0.4, -0.2) is 27.3 Å². The van der Waals surface area contributed by atoms with Crippen molar-refractivity contribution in [3.63, 3.8) is 0 Å². The van der Waals surface area contributed by atoms with E-state index < -0.39 is 0 Å². The molecule has 1 N–H and O–H groups in total. The number of aromatic nitrogens is 2. The zero-order chi connectivity index (χ0) is 20.5. The molecule has 30 heavy (non-hydrogen) atoms. The summed E-state index contributed by atoms with van der Waals surface area (Å²) >= 11 is 3.13. The van der Waals surface area contributed by atoms with Crippen LogP contribution in [0, 0.1) is 0 Å². The highest BCUT2D eigenvalue weighted by Crippen LogP contribution is 2.36. The summed E-state index contributed by atoms with van der Waals surface area (Å²) in [7, 11) is 0. The third-order valence-electron chi connectivity index (χ3n) is 5.99. The van der Waals surface area contributed by atoms with E-state index in [1.807, 2.05) is 22.8 Å². The topological polar surface area (TPSA) is 64.0 Å². The Bertz CT molecular complexity index is 1140. The highest BCUT2D eigenvalue weighted by Gasteiger charge is 2.27. The zero-order valence-electron chi connectivity index (χ0n) is 16.9. The lowest BCUT2D eigenvalue weighted by Gasteiger charge is -2.17. The van der Waals surface area contributed by atoms with Gasteiger partial charge in [0.05, 0.1) is 10.6 Å². The van der Waals surface area contributed by atoms with Crippen LogP contribution in [0.15, 0.2) is 40.3 Å². The Morgan fingerprint density at radius 3 is 2.87 bits per heavy atom. The smallest absolute Gasteiger partial charge is 0.263 e. The SMILES string of the molecule is O=C1NCCCC[C@@H]1Sc1nc2sc3c(c2c(=O)n1CCc1ccccc1)CCC3. The molecule has 3 aromatic rings. The third kappa shape index (κ3) is 3.81. The van der Waals surface area contributed by atoms with Gasteiger partial charge in [0.25, 0.3) is 5.56 Å². The van der Waals surface area contributed by atoms with E-state index in [2.05, 4.69) is 17.4 Å².